The normalized spacial score (nSPS) is 19.3. The van der Waals surface area contributed by atoms with Gasteiger partial charge < -0.3 is 15.6 Å². The van der Waals surface area contributed by atoms with Crippen molar-refractivity contribution in [2.75, 3.05) is 13.1 Å². The molecule has 1 aromatic heterocycles. The minimum Gasteiger partial charge on any atom is -0.348 e. The SMILES string of the molecule is O=C(N[C@H]1CCNC1)c1cc2cccc(F)c2[nH]1. The highest BCUT2D eigenvalue weighted by Crippen LogP contribution is 2.18. The lowest BCUT2D eigenvalue weighted by atomic mass is 10.2. The van der Waals surface area contributed by atoms with Gasteiger partial charge in [0, 0.05) is 18.0 Å². The van der Waals surface area contributed by atoms with Gasteiger partial charge in [0.1, 0.15) is 11.5 Å². The van der Waals surface area contributed by atoms with Crippen molar-refractivity contribution < 1.29 is 9.18 Å². The summed E-state index contributed by atoms with van der Waals surface area (Å²) in [5.74, 6) is -0.520. The van der Waals surface area contributed by atoms with Gasteiger partial charge in [-0.15, -0.1) is 0 Å². The number of hydrogen-bond donors (Lipinski definition) is 3. The van der Waals surface area contributed by atoms with E-state index in [2.05, 4.69) is 15.6 Å². The first kappa shape index (κ1) is 11.2. The van der Waals surface area contributed by atoms with E-state index in [4.69, 9.17) is 0 Å². The van der Waals surface area contributed by atoms with Crippen molar-refractivity contribution in [1.82, 2.24) is 15.6 Å². The molecule has 0 aliphatic carbocycles. The maximum absolute atomic E-state index is 13.5. The van der Waals surface area contributed by atoms with Crippen LogP contribution in [0.3, 0.4) is 0 Å². The first-order valence-electron chi connectivity index (χ1n) is 6.03. The number of amides is 1. The van der Waals surface area contributed by atoms with Gasteiger partial charge in [-0.2, -0.15) is 0 Å². The standard InChI is InChI=1S/C13H14FN3O/c14-10-3-1-2-8-6-11(17-12(8)10)13(18)16-9-4-5-15-7-9/h1-3,6,9,15,17H,4-5,7H2,(H,16,18)/t9-/m0/s1. The molecule has 0 spiro atoms. The molecule has 0 radical (unpaired) electrons. The molecule has 2 heterocycles. The van der Waals surface area contributed by atoms with Crippen molar-refractivity contribution in [2.24, 2.45) is 0 Å². The second-order valence-electron chi connectivity index (χ2n) is 4.55. The Kier molecular flexibility index (Phi) is 2.76. The van der Waals surface area contributed by atoms with Crippen molar-refractivity contribution >= 4 is 16.8 Å². The number of carbonyl (C=O) groups is 1. The molecular formula is C13H14FN3O. The lowest BCUT2D eigenvalue weighted by molar-refractivity contribution is 0.0936. The number of para-hydroxylation sites is 1. The second kappa shape index (κ2) is 4.42. The van der Waals surface area contributed by atoms with Crippen LogP contribution in [0.4, 0.5) is 4.39 Å². The monoisotopic (exact) mass is 247 g/mol. The van der Waals surface area contributed by atoms with Crippen LogP contribution < -0.4 is 10.6 Å². The molecule has 3 N–H and O–H groups in total. The summed E-state index contributed by atoms with van der Waals surface area (Å²) >= 11 is 0. The summed E-state index contributed by atoms with van der Waals surface area (Å²) in [6.45, 7) is 1.71. The molecule has 4 nitrogen and oxygen atoms in total. The number of H-pyrrole nitrogens is 1. The molecule has 0 saturated carbocycles. The Morgan fingerprint density at radius 1 is 1.44 bits per heavy atom. The van der Waals surface area contributed by atoms with Gasteiger partial charge >= 0.3 is 0 Å². The van der Waals surface area contributed by atoms with Crippen LogP contribution in [0.2, 0.25) is 0 Å². The molecule has 1 aliphatic heterocycles. The summed E-state index contributed by atoms with van der Waals surface area (Å²) in [6, 6.07) is 6.63. The molecule has 18 heavy (non-hydrogen) atoms. The third-order valence-corrected chi connectivity index (χ3v) is 3.25. The minimum absolute atomic E-state index is 0.161. The molecule has 0 bridgehead atoms. The summed E-state index contributed by atoms with van der Waals surface area (Å²) in [5.41, 5.74) is 0.786. The van der Waals surface area contributed by atoms with Crippen LogP contribution in [-0.4, -0.2) is 30.0 Å². The van der Waals surface area contributed by atoms with Crippen LogP contribution in [0.5, 0.6) is 0 Å². The van der Waals surface area contributed by atoms with Gasteiger partial charge in [-0.25, -0.2) is 4.39 Å². The molecular weight excluding hydrogens is 233 g/mol. The zero-order valence-corrected chi connectivity index (χ0v) is 9.79. The molecule has 1 amide bonds. The maximum Gasteiger partial charge on any atom is 0.267 e. The molecule has 3 rings (SSSR count). The summed E-state index contributed by atoms with van der Waals surface area (Å²) in [7, 11) is 0. The Morgan fingerprint density at radius 2 is 2.33 bits per heavy atom. The van der Waals surface area contributed by atoms with Crippen molar-refractivity contribution in [3.05, 3.63) is 35.8 Å². The molecule has 1 fully saturated rings. The third kappa shape index (κ3) is 1.97. The molecule has 1 saturated heterocycles. The lowest BCUT2D eigenvalue weighted by Gasteiger charge is -2.09. The molecule has 94 valence electrons. The Bertz CT molecular complexity index is 587. The highest BCUT2D eigenvalue weighted by atomic mass is 19.1. The number of fused-ring (bicyclic) bond motifs is 1. The van der Waals surface area contributed by atoms with E-state index in [-0.39, 0.29) is 17.8 Å². The number of nitrogens with one attached hydrogen (secondary N) is 3. The van der Waals surface area contributed by atoms with Gasteiger partial charge in [-0.3, -0.25) is 4.79 Å². The fourth-order valence-electron chi connectivity index (χ4n) is 2.28. The van der Waals surface area contributed by atoms with Gasteiger partial charge in [0.05, 0.1) is 5.52 Å². The Morgan fingerprint density at radius 3 is 3.06 bits per heavy atom. The second-order valence-corrected chi connectivity index (χ2v) is 4.55. The number of aromatic nitrogens is 1. The molecule has 2 aromatic rings. The average Bonchev–Trinajstić information content (AvgIpc) is 2.97. The van der Waals surface area contributed by atoms with Gasteiger partial charge in [0.15, 0.2) is 0 Å². The van der Waals surface area contributed by atoms with Crippen LogP contribution in [0.25, 0.3) is 10.9 Å². The van der Waals surface area contributed by atoms with E-state index in [0.717, 1.165) is 19.5 Å². The number of halogens is 1. The highest BCUT2D eigenvalue weighted by Gasteiger charge is 2.19. The van der Waals surface area contributed by atoms with Crippen LogP contribution >= 0.6 is 0 Å². The van der Waals surface area contributed by atoms with Crippen LogP contribution in [0, 0.1) is 5.82 Å². The quantitative estimate of drug-likeness (QED) is 0.751. The van der Waals surface area contributed by atoms with Crippen LogP contribution in [0.15, 0.2) is 24.3 Å². The average molecular weight is 247 g/mol. The number of benzene rings is 1. The minimum atomic E-state index is -0.339. The predicted octanol–water partition coefficient (Wildman–Crippen LogP) is 1.40. The van der Waals surface area contributed by atoms with Crippen molar-refractivity contribution in [3.8, 4) is 0 Å². The van der Waals surface area contributed by atoms with E-state index in [9.17, 15) is 9.18 Å². The summed E-state index contributed by atoms with van der Waals surface area (Å²) in [6.07, 6.45) is 0.931. The summed E-state index contributed by atoms with van der Waals surface area (Å²) in [5, 5.41) is 6.81. The Hall–Kier alpha value is -1.88. The van der Waals surface area contributed by atoms with Crippen LogP contribution in [0.1, 0.15) is 16.9 Å². The van der Waals surface area contributed by atoms with E-state index in [1.165, 1.54) is 6.07 Å². The molecule has 1 aliphatic rings. The van der Waals surface area contributed by atoms with E-state index >= 15 is 0 Å². The zero-order chi connectivity index (χ0) is 12.5. The largest absolute Gasteiger partial charge is 0.348 e. The van der Waals surface area contributed by atoms with Gasteiger partial charge in [-0.05, 0) is 25.1 Å². The molecule has 5 heteroatoms. The lowest BCUT2D eigenvalue weighted by Crippen LogP contribution is -2.36. The number of hydrogen-bond acceptors (Lipinski definition) is 2. The molecule has 0 unspecified atom stereocenters. The van der Waals surface area contributed by atoms with Crippen molar-refractivity contribution in [1.29, 1.82) is 0 Å². The molecule has 1 atom stereocenters. The van der Waals surface area contributed by atoms with Crippen molar-refractivity contribution in [2.45, 2.75) is 12.5 Å². The first-order valence-corrected chi connectivity index (χ1v) is 6.03. The van der Waals surface area contributed by atoms with Crippen LogP contribution in [-0.2, 0) is 0 Å². The Balaban J connectivity index is 1.85. The summed E-state index contributed by atoms with van der Waals surface area (Å²) in [4.78, 5) is 14.8. The number of rotatable bonds is 2. The number of aromatic amines is 1. The van der Waals surface area contributed by atoms with E-state index in [1.54, 1.807) is 18.2 Å². The topological polar surface area (TPSA) is 56.9 Å². The van der Waals surface area contributed by atoms with E-state index in [0.29, 0.717) is 16.6 Å². The zero-order valence-electron chi connectivity index (χ0n) is 9.79. The first-order chi connectivity index (χ1) is 8.74. The summed E-state index contributed by atoms with van der Waals surface area (Å²) < 4.78 is 13.5. The third-order valence-electron chi connectivity index (χ3n) is 3.25. The maximum atomic E-state index is 13.5. The van der Waals surface area contributed by atoms with Gasteiger partial charge in [0.2, 0.25) is 0 Å². The smallest absolute Gasteiger partial charge is 0.267 e. The predicted molar refractivity (Wildman–Crippen MR) is 67.0 cm³/mol. The number of carbonyl (C=O) groups excluding carboxylic acids is 1. The highest BCUT2D eigenvalue weighted by molar-refractivity contribution is 5.98. The Labute approximate surface area is 104 Å². The fourth-order valence-corrected chi connectivity index (χ4v) is 2.28. The van der Waals surface area contributed by atoms with E-state index in [1.807, 2.05) is 0 Å². The van der Waals surface area contributed by atoms with E-state index < -0.39 is 0 Å². The van der Waals surface area contributed by atoms with Gasteiger partial charge in [0.25, 0.3) is 5.91 Å². The fraction of sp³-hybridized carbons (Fsp3) is 0.308. The van der Waals surface area contributed by atoms with Crippen molar-refractivity contribution in [3.63, 3.8) is 0 Å². The molecule has 1 aromatic carbocycles. The van der Waals surface area contributed by atoms with Gasteiger partial charge in [-0.1, -0.05) is 12.1 Å².